The average molecular weight is 326 g/mol. The van der Waals surface area contributed by atoms with Crippen LogP contribution in [0.1, 0.15) is 23.6 Å². The molecule has 3 aromatic rings. The Kier molecular flexibility index (Phi) is 7.54. The Morgan fingerprint density at radius 1 is 0.826 bits per heavy atom. The molecule has 1 nitrogen and oxygen atoms in total. The van der Waals surface area contributed by atoms with Crippen LogP contribution in [0.25, 0.3) is 0 Å². The first-order chi connectivity index (χ1) is 10.8. The number of rotatable bonds is 5. The Labute approximate surface area is 181 Å². The standard InChI is InChI=1S/C21H19O.K/c1-2-17-7-6-8-19(15-17)16-18-11-13-21(14-12-18)22-20-9-4-3-5-10-20;/h3-6,8-15H,2,16H2,1H3;/q-1;+1. The van der Waals surface area contributed by atoms with E-state index in [0.29, 0.717) is 0 Å². The molecule has 2 heteroatoms. The molecule has 0 atom stereocenters. The van der Waals surface area contributed by atoms with E-state index in [1.165, 1.54) is 16.7 Å². The van der Waals surface area contributed by atoms with Crippen molar-refractivity contribution in [2.75, 3.05) is 0 Å². The number of hydrogen-bond donors (Lipinski definition) is 0. The molecule has 0 amide bonds. The van der Waals surface area contributed by atoms with Gasteiger partial charge in [0.05, 0.1) is 0 Å². The topological polar surface area (TPSA) is 9.23 Å². The molecule has 0 aliphatic heterocycles. The molecule has 0 spiro atoms. The van der Waals surface area contributed by atoms with Crippen LogP contribution in [0.5, 0.6) is 11.5 Å². The summed E-state index contributed by atoms with van der Waals surface area (Å²) in [5.41, 5.74) is 3.88. The summed E-state index contributed by atoms with van der Waals surface area (Å²) in [6.45, 7) is 2.16. The van der Waals surface area contributed by atoms with E-state index >= 15 is 0 Å². The van der Waals surface area contributed by atoms with Gasteiger partial charge in [0.2, 0.25) is 0 Å². The molecular formula is C21H19KO. The second-order valence-electron chi connectivity index (χ2n) is 5.31. The molecule has 0 N–H and O–H groups in total. The van der Waals surface area contributed by atoms with Gasteiger partial charge in [-0.05, 0) is 36.2 Å². The molecule has 0 aliphatic carbocycles. The first kappa shape index (κ1) is 18.4. The van der Waals surface area contributed by atoms with Gasteiger partial charge in [0, 0.05) is 0 Å². The largest absolute Gasteiger partial charge is 1.00 e. The molecule has 0 bridgehead atoms. The predicted octanol–water partition coefficient (Wildman–Crippen LogP) is 2.44. The minimum absolute atomic E-state index is 0. The van der Waals surface area contributed by atoms with Crippen LogP contribution >= 0.6 is 0 Å². The zero-order chi connectivity index (χ0) is 15.2. The van der Waals surface area contributed by atoms with Gasteiger partial charge in [-0.3, -0.25) is 0 Å². The summed E-state index contributed by atoms with van der Waals surface area (Å²) >= 11 is 0. The Morgan fingerprint density at radius 2 is 1.52 bits per heavy atom. The van der Waals surface area contributed by atoms with Crippen LogP contribution in [0.3, 0.4) is 0 Å². The SMILES string of the molecule is CCc1[c-]ccc(Cc2ccc(Oc3ccccc3)cc2)c1.[K+]. The van der Waals surface area contributed by atoms with Crippen molar-refractivity contribution in [3.05, 3.63) is 95.6 Å². The zero-order valence-electron chi connectivity index (χ0n) is 13.8. The van der Waals surface area contributed by atoms with Crippen molar-refractivity contribution in [2.45, 2.75) is 19.8 Å². The Morgan fingerprint density at radius 3 is 2.22 bits per heavy atom. The van der Waals surface area contributed by atoms with Crippen molar-refractivity contribution >= 4 is 0 Å². The molecule has 0 aromatic heterocycles. The van der Waals surface area contributed by atoms with Crippen molar-refractivity contribution in [1.29, 1.82) is 0 Å². The first-order valence-electron chi connectivity index (χ1n) is 7.65. The molecular weight excluding hydrogens is 307 g/mol. The molecule has 0 unspecified atom stereocenters. The Bertz CT molecular complexity index is 720. The zero-order valence-corrected chi connectivity index (χ0v) is 16.9. The van der Waals surface area contributed by atoms with Crippen molar-refractivity contribution in [2.24, 2.45) is 0 Å². The third kappa shape index (κ3) is 5.59. The maximum Gasteiger partial charge on any atom is 1.00 e. The average Bonchev–Trinajstić information content (AvgIpc) is 2.58. The van der Waals surface area contributed by atoms with Crippen LogP contribution in [0.15, 0.2) is 72.8 Å². The van der Waals surface area contributed by atoms with Crippen molar-refractivity contribution in [3.8, 4) is 11.5 Å². The molecule has 0 radical (unpaired) electrons. The van der Waals surface area contributed by atoms with E-state index in [2.05, 4.69) is 37.3 Å². The van der Waals surface area contributed by atoms with Crippen LogP contribution in [0, 0.1) is 6.07 Å². The van der Waals surface area contributed by atoms with E-state index in [-0.39, 0.29) is 51.4 Å². The summed E-state index contributed by atoms with van der Waals surface area (Å²) in [5.74, 6) is 1.73. The number of hydrogen-bond acceptors (Lipinski definition) is 1. The summed E-state index contributed by atoms with van der Waals surface area (Å²) < 4.78 is 5.82. The minimum Gasteiger partial charge on any atom is -0.457 e. The molecule has 0 heterocycles. The van der Waals surface area contributed by atoms with E-state index < -0.39 is 0 Å². The van der Waals surface area contributed by atoms with Gasteiger partial charge in [-0.15, -0.1) is 0 Å². The second-order valence-corrected chi connectivity index (χ2v) is 5.31. The van der Waals surface area contributed by atoms with E-state index in [4.69, 9.17) is 4.74 Å². The summed E-state index contributed by atoms with van der Waals surface area (Å²) in [4.78, 5) is 0. The fraction of sp³-hybridized carbons (Fsp3) is 0.143. The Balaban J connectivity index is 0.00000192. The van der Waals surface area contributed by atoms with Gasteiger partial charge in [-0.2, -0.15) is 35.4 Å². The number of aryl methyl sites for hydroxylation is 1. The monoisotopic (exact) mass is 326 g/mol. The molecule has 3 aromatic carbocycles. The summed E-state index contributed by atoms with van der Waals surface area (Å²) in [6.07, 6.45) is 1.96. The van der Waals surface area contributed by atoms with E-state index in [1.807, 2.05) is 48.5 Å². The maximum atomic E-state index is 5.82. The van der Waals surface area contributed by atoms with Crippen LogP contribution < -0.4 is 56.1 Å². The third-order valence-electron chi connectivity index (χ3n) is 3.62. The van der Waals surface area contributed by atoms with E-state index in [9.17, 15) is 0 Å². The molecule has 0 saturated heterocycles. The van der Waals surface area contributed by atoms with Crippen LogP contribution in [-0.4, -0.2) is 0 Å². The van der Waals surface area contributed by atoms with Crippen LogP contribution in [0.4, 0.5) is 0 Å². The molecule has 23 heavy (non-hydrogen) atoms. The van der Waals surface area contributed by atoms with Gasteiger partial charge >= 0.3 is 51.4 Å². The molecule has 110 valence electrons. The Hall–Kier alpha value is -0.904. The predicted molar refractivity (Wildman–Crippen MR) is 90.4 cm³/mol. The fourth-order valence-corrected chi connectivity index (χ4v) is 2.42. The van der Waals surface area contributed by atoms with Gasteiger partial charge in [-0.25, -0.2) is 0 Å². The quantitative estimate of drug-likeness (QED) is 0.517. The summed E-state index contributed by atoms with van der Waals surface area (Å²) in [5, 5.41) is 0. The number of benzene rings is 3. The van der Waals surface area contributed by atoms with Gasteiger partial charge in [0.15, 0.2) is 0 Å². The normalized spacial score (nSPS) is 9.96. The minimum atomic E-state index is 0. The van der Waals surface area contributed by atoms with Crippen molar-refractivity contribution in [3.63, 3.8) is 0 Å². The van der Waals surface area contributed by atoms with E-state index in [1.54, 1.807) is 0 Å². The molecule has 0 aliphatic rings. The smallest absolute Gasteiger partial charge is 0.457 e. The van der Waals surface area contributed by atoms with Gasteiger partial charge in [0.1, 0.15) is 11.5 Å². The number of para-hydroxylation sites is 1. The number of ether oxygens (including phenoxy) is 1. The molecule has 3 rings (SSSR count). The third-order valence-corrected chi connectivity index (χ3v) is 3.62. The van der Waals surface area contributed by atoms with Gasteiger partial charge < -0.3 is 4.74 Å². The van der Waals surface area contributed by atoms with Crippen molar-refractivity contribution in [1.82, 2.24) is 0 Å². The second kappa shape index (κ2) is 9.41. The van der Waals surface area contributed by atoms with Crippen LogP contribution in [0.2, 0.25) is 0 Å². The van der Waals surface area contributed by atoms with Crippen LogP contribution in [-0.2, 0) is 12.8 Å². The summed E-state index contributed by atoms with van der Waals surface area (Å²) in [6, 6.07) is 27.8. The van der Waals surface area contributed by atoms with Gasteiger partial charge in [-0.1, -0.05) is 43.7 Å². The fourth-order valence-electron chi connectivity index (χ4n) is 2.42. The van der Waals surface area contributed by atoms with Gasteiger partial charge in [0.25, 0.3) is 0 Å². The first-order valence-corrected chi connectivity index (χ1v) is 7.65. The van der Waals surface area contributed by atoms with E-state index in [0.717, 1.165) is 24.3 Å². The maximum absolute atomic E-state index is 5.82. The summed E-state index contributed by atoms with van der Waals surface area (Å²) in [7, 11) is 0. The molecule has 0 saturated carbocycles. The van der Waals surface area contributed by atoms with Crippen molar-refractivity contribution < 1.29 is 56.1 Å². The molecule has 0 fully saturated rings.